The summed E-state index contributed by atoms with van der Waals surface area (Å²) >= 11 is 7.28. The second-order valence-electron chi connectivity index (χ2n) is 34.1. The molecule has 26 rings (SSSR count). The molecule has 0 unspecified atom stereocenters. The van der Waals surface area contributed by atoms with Gasteiger partial charge >= 0.3 is 0 Å². The van der Waals surface area contributed by atoms with Gasteiger partial charge in [0.15, 0.2) is 17.5 Å². The Morgan fingerprint density at radius 3 is 0.529 bits per heavy atom. The van der Waals surface area contributed by atoms with Gasteiger partial charge in [0.25, 0.3) is 0 Å². The Bertz CT molecular complexity index is 7940. The van der Waals surface area contributed by atoms with Crippen molar-refractivity contribution in [3.63, 3.8) is 0 Å². The number of hydrogen-bond acceptors (Lipinski definition) is 14. The van der Waals surface area contributed by atoms with Gasteiger partial charge in [0, 0.05) is 112 Å². The lowest BCUT2D eigenvalue weighted by Crippen LogP contribution is -2.18. The van der Waals surface area contributed by atoms with Gasteiger partial charge in [-0.15, -0.1) is 0 Å². The van der Waals surface area contributed by atoms with Crippen LogP contribution in [0.3, 0.4) is 0 Å². The van der Waals surface area contributed by atoms with E-state index in [0.29, 0.717) is 11.6 Å². The van der Waals surface area contributed by atoms with Crippen LogP contribution in [0.2, 0.25) is 0 Å². The molecule has 0 saturated carbocycles. The first-order valence-electron chi connectivity index (χ1n) is 46.6. The van der Waals surface area contributed by atoms with Crippen molar-refractivity contribution < 1.29 is 0 Å². The summed E-state index contributed by atoms with van der Waals surface area (Å²) in [6.45, 7) is 0. The molecule has 19 aromatic carbocycles. The molecule has 4 aliphatic heterocycles. The number of nitrogens with zero attached hydrogens (tertiary/aromatic N) is 10. The van der Waals surface area contributed by atoms with E-state index in [1.807, 2.05) is 120 Å². The highest BCUT2D eigenvalue weighted by Crippen LogP contribution is 2.58. The first-order chi connectivity index (χ1) is 69.4. The lowest BCUT2D eigenvalue weighted by Gasteiger charge is -2.36. The molecule has 662 valence electrons. The van der Waals surface area contributed by atoms with Crippen LogP contribution in [-0.4, -0.2) is 29.9 Å². The van der Waals surface area contributed by atoms with E-state index in [4.69, 9.17) is 29.9 Å². The number of benzene rings is 19. The number of rotatable bonds is 15. The highest BCUT2D eigenvalue weighted by Gasteiger charge is 2.32. The van der Waals surface area contributed by atoms with Crippen molar-refractivity contribution in [2.75, 3.05) is 19.6 Å². The van der Waals surface area contributed by atoms with E-state index >= 15 is 0 Å². The van der Waals surface area contributed by atoms with Crippen LogP contribution in [0.1, 0.15) is 0 Å². The van der Waals surface area contributed by atoms with Crippen molar-refractivity contribution in [1.82, 2.24) is 29.9 Å². The van der Waals surface area contributed by atoms with Crippen LogP contribution in [0.5, 0.6) is 0 Å². The largest absolute Gasteiger partial charge is 0.308 e. The number of fused-ring (bicyclic) bond motifs is 8. The van der Waals surface area contributed by atoms with Gasteiger partial charge in [-0.05, 0) is 180 Å². The Labute approximate surface area is 830 Å². The first kappa shape index (κ1) is 85.9. The number of aromatic nitrogens is 6. The van der Waals surface area contributed by atoms with Crippen molar-refractivity contribution in [3.05, 3.63) is 510 Å². The fraction of sp³-hybridized carbons (Fsp3) is 0. The monoisotopic (exact) mass is 1860 g/mol. The van der Waals surface area contributed by atoms with E-state index in [0.717, 1.165) is 141 Å². The molecular weight excluding hydrogens is 1780 g/mol. The summed E-state index contributed by atoms with van der Waals surface area (Å²) in [5, 5.41) is 0. The minimum Gasteiger partial charge on any atom is -0.308 e. The third-order valence-corrected chi connectivity index (χ3v) is 29.7. The molecule has 0 N–H and O–H groups in total. The van der Waals surface area contributed by atoms with E-state index in [9.17, 15) is 0 Å². The molecule has 3 aromatic heterocycles. The fourth-order valence-electron chi connectivity index (χ4n) is 18.4. The Hall–Kier alpha value is -17.0. The molecule has 0 spiro atoms. The molecule has 0 amide bonds. The fourth-order valence-corrected chi connectivity index (χ4v) is 22.6. The highest BCUT2D eigenvalue weighted by molar-refractivity contribution is 8.00. The second-order valence-corrected chi connectivity index (χ2v) is 38.4. The van der Waals surface area contributed by atoms with Crippen LogP contribution >= 0.6 is 47.0 Å². The van der Waals surface area contributed by atoms with Gasteiger partial charge in [0.1, 0.15) is 0 Å². The van der Waals surface area contributed by atoms with Gasteiger partial charge in [-0.25, -0.2) is 29.9 Å². The molecule has 0 saturated heterocycles. The molecule has 0 bridgehead atoms. The minimum absolute atomic E-state index is 0.679. The Morgan fingerprint density at radius 1 is 0.121 bits per heavy atom. The van der Waals surface area contributed by atoms with Crippen LogP contribution in [0.15, 0.2) is 549 Å². The standard InChI is InChI=1S/C52H34N4S2.C40H27N3S.C34H23N3S/c1-3-15-35(16-4-1)36-27-29-38(30-28-36)52-53-42(37-17-5-2-6-18-37)34-43(54-52)39-31-40(55-44-19-7-11-23-48(44)57-49-24-12-8-20-45(49)55)33-41(32-39)56-46-21-9-13-25-50(46)58-51-26-14-10-22-47(51)56;1-3-11-28(12-4-1)29-19-21-32(22-20-29)40-41-34(30-13-5-2-6-14-30)27-35(42-40)31-23-25-33(26-24-31)43-36-15-7-9-17-38(36)44-39-18-10-8-16-37(39)43;1-3-11-24(12-4-1)28-23-29(36-34(35-28)26-13-5-2-6-14-26)25-19-21-27(22-20-25)37-30-15-7-9-17-32(30)38-33-18-10-8-16-31(33)37/h1-34H;1-27H;1-23H. The van der Waals surface area contributed by atoms with Crippen molar-refractivity contribution in [2.24, 2.45) is 0 Å². The van der Waals surface area contributed by atoms with Crippen LogP contribution in [-0.2, 0) is 0 Å². The molecule has 0 fully saturated rings. The molecular formula is C126H84N10S4. The zero-order valence-corrected chi connectivity index (χ0v) is 78.9. The van der Waals surface area contributed by atoms with E-state index < -0.39 is 0 Å². The number of para-hydroxylation sites is 8. The second kappa shape index (κ2) is 38.7. The molecule has 7 heterocycles. The van der Waals surface area contributed by atoms with E-state index in [2.05, 4.69) is 456 Å². The first-order valence-corrected chi connectivity index (χ1v) is 49.8. The molecule has 10 nitrogen and oxygen atoms in total. The maximum Gasteiger partial charge on any atom is 0.160 e. The predicted molar refractivity (Wildman–Crippen MR) is 581 cm³/mol. The minimum atomic E-state index is 0.679. The molecule has 140 heavy (non-hydrogen) atoms. The van der Waals surface area contributed by atoms with Gasteiger partial charge in [-0.3, -0.25) is 0 Å². The average Bonchev–Trinajstić information content (AvgIpc) is 0.739. The van der Waals surface area contributed by atoms with Crippen molar-refractivity contribution in [3.8, 4) is 124 Å². The SMILES string of the molecule is c1ccc(-c2cc(-c3ccc(N4c5ccccc5Sc5ccccc54)cc3)nc(-c3ccccc3)n2)cc1.c1ccc(-c2ccc(-c3nc(-c4ccccc4)cc(-c4cc(N5c6ccccc6Sc6ccccc65)cc(N5c6ccccc6Sc6ccccc65)c4)n3)cc2)cc1.c1ccc(-c2ccc(-c3nc(-c4ccccc4)cc(-c4ccc(N5c6ccccc6Sc6ccccc65)cc4)n3)cc2)cc1. The summed E-state index contributed by atoms with van der Waals surface area (Å²) in [6.07, 6.45) is 0. The predicted octanol–water partition coefficient (Wildman–Crippen LogP) is 35.5. The normalized spacial score (nSPS) is 12.3. The smallest absolute Gasteiger partial charge is 0.160 e. The zero-order valence-electron chi connectivity index (χ0n) is 75.6. The zero-order chi connectivity index (χ0) is 93.0. The highest BCUT2D eigenvalue weighted by atomic mass is 32.2. The third kappa shape index (κ3) is 17.6. The number of anilines is 12. The van der Waals surface area contributed by atoms with Crippen LogP contribution in [0.4, 0.5) is 68.2 Å². The lowest BCUT2D eigenvalue weighted by atomic mass is 10.0. The van der Waals surface area contributed by atoms with Gasteiger partial charge in [-0.1, -0.05) is 399 Å². The van der Waals surface area contributed by atoms with Gasteiger partial charge < -0.3 is 19.6 Å². The molecule has 0 radical (unpaired) electrons. The van der Waals surface area contributed by atoms with Gasteiger partial charge in [0.05, 0.1) is 79.7 Å². The molecule has 0 atom stereocenters. The van der Waals surface area contributed by atoms with Crippen molar-refractivity contribution in [2.45, 2.75) is 39.2 Å². The maximum atomic E-state index is 5.40. The summed E-state index contributed by atoms with van der Waals surface area (Å²) in [5.41, 5.74) is 32.9. The van der Waals surface area contributed by atoms with E-state index in [-0.39, 0.29) is 0 Å². The van der Waals surface area contributed by atoms with Crippen molar-refractivity contribution >= 4 is 115 Å². The quantitative estimate of drug-likeness (QED) is 0.0975. The summed E-state index contributed by atoms with van der Waals surface area (Å²) in [7, 11) is 0. The van der Waals surface area contributed by atoms with Crippen LogP contribution in [0, 0.1) is 0 Å². The summed E-state index contributed by atoms with van der Waals surface area (Å²) in [6, 6.07) is 179. The molecule has 22 aromatic rings. The summed E-state index contributed by atoms with van der Waals surface area (Å²) < 4.78 is 0. The van der Waals surface area contributed by atoms with Gasteiger partial charge in [-0.2, -0.15) is 0 Å². The third-order valence-electron chi connectivity index (χ3n) is 25.2. The van der Waals surface area contributed by atoms with Gasteiger partial charge in [0.2, 0.25) is 0 Å². The lowest BCUT2D eigenvalue weighted by molar-refractivity contribution is 1.14. The Kier molecular flexibility index (Phi) is 23.7. The van der Waals surface area contributed by atoms with E-state index in [1.54, 1.807) is 0 Å². The Balaban J connectivity index is 0.000000117. The summed E-state index contributed by atoms with van der Waals surface area (Å²) in [4.78, 5) is 50.0. The maximum absolute atomic E-state index is 5.40. The van der Waals surface area contributed by atoms with E-state index in [1.165, 1.54) is 78.6 Å². The van der Waals surface area contributed by atoms with Crippen LogP contribution in [0.25, 0.3) is 124 Å². The topological polar surface area (TPSA) is 90.3 Å². The Morgan fingerprint density at radius 2 is 0.286 bits per heavy atom. The molecule has 14 heteroatoms. The molecule has 4 aliphatic rings. The average molecular weight is 1870 g/mol. The number of hydrogen-bond donors (Lipinski definition) is 0. The molecule has 0 aliphatic carbocycles. The van der Waals surface area contributed by atoms with Crippen molar-refractivity contribution in [1.29, 1.82) is 0 Å². The van der Waals surface area contributed by atoms with Crippen LogP contribution < -0.4 is 19.6 Å². The summed E-state index contributed by atoms with van der Waals surface area (Å²) in [5.74, 6) is 2.11.